The Kier molecular flexibility index (Phi) is 6.42. The first-order chi connectivity index (χ1) is 15.1. The molecule has 0 radical (unpaired) electrons. The topological polar surface area (TPSA) is 41.9 Å². The highest BCUT2D eigenvalue weighted by Crippen LogP contribution is 2.37. The van der Waals surface area contributed by atoms with Crippen molar-refractivity contribution in [1.82, 2.24) is 4.90 Å². The third-order valence-electron chi connectivity index (χ3n) is 5.18. The van der Waals surface area contributed by atoms with Crippen molar-refractivity contribution in [2.24, 2.45) is 4.99 Å². The van der Waals surface area contributed by atoms with Crippen LogP contribution in [0.5, 0.6) is 5.75 Å². The normalized spacial score (nSPS) is 16.6. The Hall–Kier alpha value is -3.05. The van der Waals surface area contributed by atoms with Gasteiger partial charge in [0.2, 0.25) is 0 Å². The van der Waals surface area contributed by atoms with Crippen LogP contribution < -0.4 is 4.74 Å². The van der Waals surface area contributed by atoms with Gasteiger partial charge in [0.25, 0.3) is 5.91 Å². The van der Waals surface area contributed by atoms with Crippen LogP contribution in [0.15, 0.2) is 70.6 Å². The fourth-order valence-electron chi connectivity index (χ4n) is 3.68. The smallest absolute Gasteiger partial charge is 0.266 e. The number of thioether (sulfide) groups is 1. The van der Waals surface area contributed by atoms with Crippen LogP contribution in [0.3, 0.4) is 0 Å². The van der Waals surface area contributed by atoms with Gasteiger partial charge in [0.1, 0.15) is 12.4 Å². The number of fused-ring (bicyclic) bond motifs is 1. The first-order valence-electron chi connectivity index (χ1n) is 10.6. The van der Waals surface area contributed by atoms with Crippen LogP contribution in [0.2, 0.25) is 0 Å². The van der Waals surface area contributed by atoms with Crippen molar-refractivity contribution >= 4 is 39.7 Å². The lowest BCUT2D eigenvalue weighted by Gasteiger charge is -2.13. The SMILES string of the molecule is CCN=C1S/C(=C\c2c(OCc3cccc(C)c3)ccc3ccccc23)C(=O)N1CC. The molecule has 1 aliphatic rings. The lowest BCUT2D eigenvalue weighted by Crippen LogP contribution is -2.28. The fraction of sp³-hybridized carbons (Fsp3) is 0.231. The monoisotopic (exact) mass is 430 g/mol. The molecule has 0 unspecified atom stereocenters. The van der Waals surface area contributed by atoms with E-state index in [1.54, 1.807) is 4.90 Å². The van der Waals surface area contributed by atoms with Crippen LogP contribution in [0, 0.1) is 6.92 Å². The van der Waals surface area contributed by atoms with Crippen LogP contribution in [0.1, 0.15) is 30.5 Å². The molecule has 1 heterocycles. The number of aryl methyl sites for hydroxylation is 1. The molecule has 0 aliphatic carbocycles. The number of carbonyl (C=O) groups is 1. The molecule has 0 bridgehead atoms. The number of carbonyl (C=O) groups excluding carboxylic acids is 1. The van der Waals surface area contributed by atoms with Crippen LogP contribution in [0.4, 0.5) is 0 Å². The second-order valence-electron chi connectivity index (χ2n) is 7.39. The molecule has 31 heavy (non-hydrogen) atoms. The number of aliphatic imine (C=N–C) groups is 1. The van der Waals surface area contributed by atoms with E-state index in [1.165, 1.54) is 17.3 Å². The number of ether oxygens (including phenoxy) is 1. The summed E-state index contributed by atoms with van der Waals surface area (Å²) in [7, 11) is 0. The van der Waals surface area contributed by atoms with E-state index in [9.17, 15) is 4.79 Å². The lowest BCUT2D eigenvalue weighted by atomic mass is 10.0. The van der Waals surface area contributed by atoms with Crippen LogP contribution in [0.25, 0.3) is 16.8 Å². The molecule has 0 N–H and O–H groups in total. The molecule has 1 fully saturated rings. The molecule has 4 rings (SSSR count). The molecule has 1 amide bonds. The maximum absolute atomic E-state index is 13.0. The Morgan fingerprint density at radius 1 is 1.06 bits per heavy atom. The minimum Gasteiger partial charge on any atom is -0.488 e. The maximum Gasteiger partial charge on any atom is 0.266 e. The first kappa shape index (κ1) is 21.2. The molecule has 158 valence electrons. The maximum atomic E-state index is 13.0. The molecule has 0 saturated carbocycles. The zero-order valence-corrected chi connectivity index (χ0v) is 18.9. The third kappa shape index (κ3) is 4.52. The highest BCUT2D eigenvalue weighted by Gasteiger charge is 2.32. The van der Waals surface area contributed by atoms with Crippen molar-refractivity contribution in [3.8, 4) is 5.75 Å². The number of benzene rings is 3. The number of rotatable bonds is 6. The highest BCUT2D eigenvalue weighted by atomic mass is 32.2. The number of likely N-dealkylation sites (N-methyl/N-ethyl adjacent to an activating group) is 1. The van der Waals surface area contributed by atoms with Gasteiger partial charge in [-0.2, -0.15) is 0 Å². The van der Waals surface area contributed by atoms with Crippen molar-refractivity contribution < 1.29 is 9.53 Å². The summed E-state index contributed by atoms with van der Waals surface area (Å²) >= 11 is 1.44. The quantitative estimate of drug-likeness (QED) is 0.448. The summed E-state index contributed by atoms with van der Waals surface area (Å²) in [4.78, 5) is 19.9. The molecule has 3 aromatic rings. The van der Waals surface area contributed by atoms with Crippen molar-refractivity contribution in [3.05, 3.63) is 82.3 Å². The predicted molar refractivity (Wildman–Crippen MR) is 130 cm³/mol. The minimum absolute atomic E-state index is 0.00253. The van der Waals surface area contributed by atoms with E-state index >= 15 is 0 Å². The van der Waals surface area contributed by atoms with Gasteiger partial charge in [0.15, 0.2) is 5.17 Å². The van der Waals surface area contributed by atoms with Crippen molar-refractivity contribution in [2.45, 2.75) is 27.4 Å². The summed E-state index contributed by atoms with van der Waals surface area (Å²) in [5, 5.41) is 2.94. The Labute approximate surface area is 187 Å². The van der Waals surface area contributed by atoms with Gasteiger partial charge in [-0.15, -0.1) is 0 Å². The summed E-state index contributed by atoms with van der Waals surface area (Å²) in [6.07, 6.45) is 1.96. The molecular weight excluding hydrogens is 404 g/mol. The van der Waals surface area contributed by atoms with Crippen LogP contribution >= 0.6 is 11.8 Å². The van der Waals surface area contributed by atoms with Gasteiger partial charge in [0, 0.05) is 18.7 Å². The van der Waals surface area contributed by atoms with E-state index in [2.05, 4.69) is 48.3 Å². The summed E-state index contributed by atoms with van der Waals surface area (Å²) in [6.45, 7) is 7.76. The summed E-state index contributed by atoms with van der Waals surface area (Å²) in [5.74, 6) is 0.766. The molecule has 5 heteroatoms. The van der Waals surface area contributed by atoms with Gasteiger partial charge < -0.3 is 4.74 Å². The van der Waals surface area contributed by atoms with E-state index in [4.69, 9.17) is 4.74 Å². The van der Waals surface area contributed by atoms with Gasteiger partial charge in [0.05, 0.1) is 4.91 Å². The molecule has 0 spiro atoms. The van der Waals surface area contributed by atoms with E-state index in [-0.39, 0.29) is 5.91 Å². The minimum atomic E-state index is -0.00253. The Morgan fingerprint density at radius 2 is 1.90 bits per heavy atom. The van der Waals surface area contributed by atoms with Gasteiger partial charge in [-0.05, 0) is 61.0 Å². The van der Waals surface area contributed by atoms with E-state index in [1.807, 2.05) is 44.2 Å². The number of amidine groups is 1. The second kappa shape index (κ2) is 9.40. The van der Waals surface area contributed by atoms with Crippen LogP contribution in [-0.2, 0) is 11.4 Å². The molecule has 1 saturated heterocycles. The summed E-state index contributed by atoms with van der Waals surface area (Å²) in [5.41, 5.74) is 3.25. The Balaban J connectivity index is 1.75. The zero-order valence-electron chi connectivity index (χ0n) is 18.1. The predicted octanol–water partition coefficient (Wildman–Crippen LogP) is 6.04. The highest BCUT2D eigenvalue weighted by molar-refractivity contribution is 8.18. The second-order valence-corrected chi connectivity index (χ2v) is 8.40. The van der Waals surface area contributed by atoms with Crippen molar-refractivity contribution in [1.29, 1.82) is 0 Å². The molecule has 4 nitrogen and oxygen atoms in total. The zero-order chi connectivity index (χ0) is 21.8. The fourth-order valence-corrected chi connectivity index (χ4v) is 4.77. The standard InChI is InChI=1S/C26H26N2O2S/c1-4-27-26-28(5-2)25(29)24(31-26)16-22-21-12-7-6-11-20(21)13-14-23(22)30-17-19-10-8-9-18(3)15-19/h6-16H,4-5,17H2,1-3H3/b24-16-,27-26?. The molecule has 0 aromatic heterocycles. The summed E-state index contributed by atoms with van der Waals surface area (Å²) < 4.78 is 6.25. The van der Waals surface area contributed by atoms with E-state index in [0.29, 0.717) is 24.6 Å². The lowest BCUT2D eigenvalue weighted by molar-refractivity contribution is -0.122. The average molecular weight is 431 g/mol. The first-order valence-corrected chi connectivity index (χ1v) is 11.4. The largest absolute Gasteiger partial charge is 0.488 e. The Morgan fingerprint density at radius 3 is 2.68 bits per heavy atom. The Bertz CT molecular complexity index is 1180. The number of hydrogen-bond donors (Lipinski definition) is 0. The molecule has 3 aromatic carbocycles. The average Bonchev–Trinajstić information content (AvgIpc) is 3.07. The van der Waals surface area contributed by atoms with Gasteiger partial charge in [-0.3, -0.25) is 14.7 Å². The van der Waals surface area contributed by atoms with Gasteiger partial charge >= 0.3 is 0 Å². The number of amides is 1. The number of hydrogen-bond acceptors (Lipinski definition) is 4. The van der Waals surface area contributed by atoms with Crippen LogP contribution in [-0.4, -0.2) is 29.1 Å². The number of nitrogens with zero attached hydrogens (tertiary/aromatic N) is 2. The van der Waals surface area contributed by atoms with Gasteiger partial charge in [-0.1, -0.05) is 60.2 Å². The third-order valence-corrected chi connectivity index (χ3v) is 6.23. The van der Waals surface area contributed by atoms with E-state index < -0.39 is 0 Å². The molecule has 1 aliphatic heterocycles. The van der Waals surface area contributed by atoms with Crippen molar-refractivity contribution in [3.63, 3.8) is 0 Å². The summed E-state index contributed by atoms with van der Waals surface area (Å²) in [6, 6.07) is 20.6. The van der Waals surface area contributed by atoms with E-state index in [0.717, 1.165) is 32.8 Å². The van der Waals surface area contributed by atoms with Crippen molar-refractivity contribution in [2.75, 3.05) is 13.1 Å². The molecular formula is C26H26N2O2S. The van der Waals surface area contributed by atoms with Gasteiger partial charge in [-0.25, -0.2) is 0 Å². The molecule has 0 atom stereocenters.